The maximum absolute atomic E-state index is 11.8. The van der Waals surface area contributed by atoms with Crippen LogP contribution < -0.4 is 4.74 Å². The predicted octanol–water partition coefficient (Wildman–Crippen LogP) is 5.14. The van der Waals surface area contributed by atoms with Crippen LogP contribution in [0.4, 0.5) is 4.79 Å². The van der Waals surface area contributed by atoms with E-state index in [9.17, 15) is 9.59 Å². The molecule has 0 amide bonds. The summed E-state index contributed by atoms with van der Waals surface area (Å²) in [5.41, 5.74) is 0.248. The van der Waals surface area contributed by atoms with Gasteiger partial charge >= 0.3 is 12.1 Å². The molecule has 1 aromatic carbocycles. The Morgan fingerprint density at radius 3 is 2.41 bits per heavy atom. The zero-order chi connectivity index (χ0) is 19.3. The van der Waals surface area contributed by atoms with Gasteiger partial charge in [-0.15, -0.1) is 0 Å². The van der Waals surface area contributed by atoms with Gasteiger partial charge in [-0.05, 0) is 56.4 Å². The predicted molar refractivity (Wildman–Crippen MR) is 97.0 cm³/mol. The molecule has 0 unspecified atom stereocenters. The molecule has 0 heterocycles. The molecule has 0 bridgehead atoms. The van der Waals surface area contributed by atoms with Crippen LogP contribution in [0.1, 0.15) is 75.1 Å². The van der Waals surface area contributed by atoms with E-state index in [4.69, 9.17) is 9.47 Å². The molecule has 7 nitrogen and oxygen atoms in total. The number of hydrogen-bond acceptors (Lipinski definition) is 7. The molecule has 0 atom stereocenters. The number of benzene rings is 1. The monoisotopic (exact) mass is 380 g/mol. The van der Waals surface area contributed by atoms with Gasteiger partial charge in [0.2, 0.25) is 0 Å². The lowest BCUT2D eigenvalue weighted by molar-refractivity contribution is -0.453. The Hall–Kier alpha value is -2.28. The zero-order valence-corrected chi connectivity index (χ0v) is 15.8. The summed E-state index contributed by atoms with van der Waals surface area (Å²) in [4.78, 5) is 32.1. The summed E-state index contributed by atoms with van der Waals surface area (Å²) in [5.74, 6) is -0.105. The number of carbonyl (C=O) groups is 2. The zero-order valence-electron chi connectivity index (χ0n) is 15.8. The van der Waals surface area contributed by atoms with Crippen LogP contribution in [0, 0.1) is 0 Å². The lowest BCUT2D eigenvalue weighted by atomic mass is 9.98. The maximum atomic E-state index is 11.8. The number of hydrogen-bond donors (Lipinski definition) is 0. The Labute approximate surface area is 159 Å². The first-order chi connectivity index (χ1) is 13.2. The Bertz CT molecular complexity index is 564. The van der Waals surface area contributed by atoms with E-state index in [0.29, 0.717) is 12.4 Å². The smallest absolute Gasteiger partial charge is 0.494 e. The molecular weight excluding hydrogens is 352 g/mol. The Morgan fingerprint density at radius 2 is 1.70 bits per heavy atom. The Morgan fingerprint density at radius 1 is 0.963 bits per heavy atom. The highest BCUT2D eigenvalue weighted by Crippen LogP contribution is 2.20. The van der Waals surface area contributed by atoms with Crippen LogP contribution in [0.25, 0.3) is 0 Å². The molecule has 150 valence electrons. The van der Waals surface area contributed by atoms with Gasteiger partial charge < -0.3 is 9.47 Å². The van der Waals surface area contributed by atoms with Crippen molar-refractivity contribution in [2.75, 3.05) is 6.61 Å². The second-order valence-electron chi connectivity index (χ2n) is 6.58. The van der Waals surface area contributed by atoms with Crippen LogP contribution >= 0.6 is 0 Å². The van der Waals surface area contributed by atoms with E-state index in [1.165, 1.54) is 12.8 Å². The molecule has 1 aliphatic carbocycles. The van der Waals surface area contributed by atoms with Gasteiger partial charge in [0.25, 0.3) is 0 Å². The second-order valence-corrected chi connectivity index (χ2v) is 6.58. The second kappa shape index (κ2) is 12.2. The summed E-state index contributed by atoms with van der Waals surface area (Å²) in [6, 6.07) is 6.45. The van der Waals surface area contributed by atoms with E-state index in [0.717, 1.165) is 44.9 Å². The molecule has 1 fully saturated rings. The van der Waals surface area contributed by atoms with E-state index in [-0.39, 0.29) is 11.7 Å². The summed E-state index contributed by atoms with van der Waals surface area (Å²) in [6.07, 6.45) is 8.14. The third-order valence-electron chi connectivity index (χ3n) is 4.38. The molecule has 0 radical (unpaired) electrons. The lowest BCUT2D eigenvalue weighted by Crippen LogP contribution is -2.22. The number of rotatable bonds is 10. The van der Waals surface area contributed by atoms with E-state index in [1.807, 2.05) is 0 Å². The standard InChI is InChI=1S/C20H28O7/c1-2-3-4-8-15-23-17-13-11-16(12-14-17)19(21)25-27-26-20(22)24-18-9-6-5-7-10-18/h11-14,18H,2-10,15H2,1H3. The van der Waals surface area contributed by atoms with Crippen LogP contribution in [0.3, 0.4) is 0 Å². The highest BCUT2D eigenvalue weighted by atomic mass is 17.5. The number of unbranched alkanes of at least 4 members (excludes halogenated alkanes) is 3. The fraction of sp³-hybridized carbons (Fsp3) is 0.600. The molecule has 2 rings (SSSR count). The minimum atomic E-state index is -1.01. The van der Waals surface area contributed by atoms with Crippen molar-refractivity contribution in [1.29, 1.82) is 0 Å². The maximum Gasteiger partial charge on any atom is 0.543 e. The normalized spacial score (nSPS) is 14.4. The molecule has 1 aliphatic rings. The summed E-state index contributed by atoms with van der Waals surface area (Å²) >= 11 is 0. The third kappa shape index (κ3) is 8.30. The van der Waals surface area contributed by atoms with E-state index < -0.39 is 12.1 Å². The minimum Gasteiger partial charge on any atom is -0.494 e. The summed E-state index contributed by atoms with van der Waals surface area (Å²) < 4.78 is 10.7. The quantitative estimate of drug-likeness (QED) is 0.241. The topological polar surface area (TPSA) is 80.3 Å². The van der Waals surface area contributed by atoms with Crippen LogP contribution in [0.2, 0.25) is 0 Å². The van der Waals surface area contributed by atoms with Crippen molar-refractivity contribution in [3.8, 4) is 5.75 Å². The average Bonchev–Trinajstić information content (AvgIpc) is 2.69. The third-order valence-corrected chi connectivity index (χ3v) is 4.38. The van der Waals surface area contributed by atoms with Crippen molar-refractivity contribution < 1.29 is 33.9 Å². The van der Waals surface area contributed by atoms with Gasteiger partial charge in [0.15, 0.2) is 0 Å². The van der Waals surface area contributed by atoms with Gasteiger partial charge in [-0.3, -0.25) is 4.89 Å². The highest BCUT2D eigenvalue weighted by molar-refractivity contribution is 5.89. The largest absolute Gasteiger partial charge is 0.543 e. The molecule has 27 heavy (non-hydrogen) atoms. The van der Waals surface area contributed by atoms with Crippen molar-refractivity contribution in [2.45, 2.75) is 70.8 Å². The summed E-state index contributed by atoms with van der Waals surface area (Å²) in [5, 5.41) is 4.23. The molecule has 0 spiro atoms. The molecule has 0 aromatic heterocycles. The van der Waals surface area contributed by atoms with Gasteiger partial charge in [-0.2, -0.15) is 0 Å². The lowest BCUT2D eigenvalue weighted by Gasteiger charge is -2.20. The fourth-order valence-corrected chi connectivity index (χ4v) is 2.87. The van der Waals surface area contributed by atoms with Crippen LogP contribution in [-0.2, 0) is 19.6 Å². The first-order valence-corrected chi connectivity index (χ1v) is 9.68. The molecule has 0 aliphatic heterocycles. The Balaban J connectivity index is 1.62. The summed E-state index contributed by atoms with van der Waals surface area (Å²) in [6.45, 7) is 2.80. The molecule has 1 aromatic rings. The number of carbonyl (C=O) groups excluding carboxylic acids is 2. The average molecular weight is 380 g/mol. The minimum absolute atomic E-state index is 0.167. The highest BCUT2D eigenvalue weighted by Gasteiger charge is 2.20. The molecule has 0 saturated heterocycles. The Kier molecular flexibility index (Phi) is 9.48. The summed E-state index contributed by atoms with van der Waals surface area (Å²) in [7, 11) is 0. The van der Waals surface area contributed by atoms with Crippen molar-refractivity contribution in [3.05, 3.63) is 29.8 Å². The molecule has 0 N–H and O–H groups in total. The molecule has 7 heteroatoms. The van der Waals surface area contributed by atoms with Gasteiger partial charge in [0.1, 0.15) is 11.9 Å². The molecular formula is C20H28O7. The van der Waals surface area contributed by atoms with E-state index in [2.05, 4.69) is 21.7 Å². The van der Waals surface area contributed by atoms with Crippen molar-refractivity contribution in [2.24, 2.45) is 0 Å². The SMILES string of the molecule is CCCCCCOc1ccc(C(=O)OOOC(=O)OC2CCCCC2)cc1. The number of ether oxygens (including phenoxy) is 2. The van der Waals surface area contributed by atoms with E-state index >= 15 is 0 Å². The van der Waals surface area contributed by atoms with Crippen molar-refractivity contribution in [3.63, 3.8) is 0 Å². The van der Waals surface area contributed by atoms with Crippen molar-refractivity contribution in [1.82, 2.24) is 0 Å². The van der Waals surface area contributed by atoms with Gasteiger partial charge in [-0.1, -0.05) is 32.6 Å². The fourth-order valence-electron chi connectivity index (χ4n) is 2.87. The van der Waals surface area contributed by atoms with Gasteiger partial charge in [0.05, 0.1) is 17.2 Å². The first-order valence-electron chi connectivity index (χ1n) is 9.68. The van der Waals surface area contributed by atoms with Gasteiger partial charge in [-0.25, -0.2) is 14.5 Å². The van der Waals surface area contributed by atoms with Crippen LogP contribution in [-0.4, -0.2) is 24.8 Å². The van der Waals surface area contributed by atoms with Gasteiger partial charge in [0, 0.05) is 0 Å². The van der Waals surface area contributed by atoms with Crippen LogP contribution in [0.15, 0.2) is 24.3 Å². The molecule has 1 saturated carbocycles. The van der Waals surface area contributed by atoms with Crippen molar-refractivity contribution >= 4 is 12.1 Å². The van der Waals surface area contributed by atoms with E-state index in [1.54, 1.807) is 24.3 Å². The van der Waals surface area contributed by atoms with Crippen LogP contribution in [0.5, 0.6) is 5.75 Å². The first kappa shape index (κ1) is 21.0.